The van der Waals surface area contributed by atoms with Crippen molar-refractivity contribution in [1.82, 2.24) is 19.7 Å². The predicted molar refractivity (Wildman–Crippen MR) is 104 cm³/mol. The van der Waals surface area contributed by atoms with E-state index in [-0.39, 0.29) is 12.1 Å². The fourth-order valence-electron chi connectivity index (χ4n) is 3.75. The smallest absolute Gasteiger partial charge is 0.322 e. The van der Waals surface area contributed by atoms with Gasteiger partial charge in [-0.1, -0.05) is 12.1 Å². The third-order valence-electron chi connectivity index (χ3n) is 5.13. The van der Waals surface area contributed by atoms with Crippen LogP contribution in [0, 0.1) is 6.92 Å². The van der Waals surface area contributed by atoms with E-state index in [4.69, 9.17) is 4.74 Å². The quantitative estimate of drug-likeness (QED) is 0.769. The molecule has 0 radical (unpaired) electrons. The maximum absolute atomic E-state index is 12.9. The Labute approximate surface area is 157 Å². The summed E-state index contributed by atoms with van der Waals surface area (Å²) in [5.41, 5.74) is 3.51. The average molecular weight is 365 g/mol. The Morgan fingerprint density at radius 2 is 2.07 bits per heavy atom. The van der Waals surface area contributed by atoms with Crippen molar-refractivity contribution < 1.29 is 9.53 Å². The molecule has 1 unspecified atom stereocenters. The van der Waals surface area contributed by atoms with Gasteiger partial charge in [-0.3, -0.25) is 4.68 Å². The summed E-state index contributed by atoms with van der Waals surface area (Å²) in [6.45, 7) is 2.68. The molecule has 140 valence electrons. The van der Waals surface area contributed by atoms with Gasteiger partial charge in [0.05, 0.1) is 30.7 Å². The first-order valence-electron chi connectivity index (χ1n) is 9.08. The zero-order chi connectivity index (χ0) is 19.0. The molecule has 1 fully saturated rings. The van der Waals surface area contributed by atoms with Crippen LogP contribution < -0.4 is 10.1 Å². The molecule has 7 heteroatoms. The first-order valence-corrected chi connectivity index (χ1v) is 9.08. The van der Waals surface area contributed by atoms with Crippen LogP contribution in [0.3, 0.4) is 0 Å². The summed E-state index contributed by atoms with van der Waals surface area (Å²) in [5.74, 6) is 0.818. The molecule has 1 aliphatic heterocycles. The van der Waals surface area contributed by atoms with Crippen molar-refractivity contribution in [3.63, 3.8) is 0 Å². The van der Waals surface area contributed by atoms with E-state index < -0.39 is 0 Å². The molecule has 1 aromatic carbocycles. The number of nitrogens with one attached hydrogen (secondary N) is 1. The van der Waals surface area contributed by atoms with Crippen molar-refractivity contribution in [3.05, 3.63) is 47.8 Å². The summed E-state index contributed by atoms with van der Waals surface area (Å²) in [6, 6.07) is 9.84. The minimum Gasteiger partial charge on any atom is -0.497 e. The van der Waals surface area contributed by atoms with Gasteiger partial charge in [-0.25, -0.2) is 9.78 Å². The molecule has 1 atom stereocenters. The Morgan fingerprint density at radius 3 is 2.81 bits per heavy atom. The highest BCUT2D eigenvalue weighted by Gasteiger charge is 2.30. The van der Waals surface area contributed by atoms with Crippen LogP contribution in [0.4, 0.5) is 10.5 Å². The van der Waals surface area contributed by atoms with E-state index in [0.29, 0.717) is 5.69 Å². The molecule has 0 saturated carbocycles. The zero-order valence-corrected chi connectivity index (χ0v) is 15.8. The molecule has 0 bridgehead atoms. The number of hydrogen-bond donors (Lipinski definition) is 1. The van der Waals surface area contributed by atoms with Crippen LogP contribution in [0.25, 0.3) is 11.0 Å². The molecule has 2 aromatic heterocycles. The lowest BCUT2D eigenvalue weighted by Gasteiger charge is -2.25. The SMILES string of the molecule is COc1ccc(C2CCCN2C(=O)Nc2cnc3c(c2)c(C)nn3C)cc1. The maximum Gasteiger partial charge on any atom is 0.322 e. The number of aryl methyl sites for hydroxylation is 2. The van der Waals surface area contributed by atoms with E-state index in [1.165, 1.54) is 0 Å². The minimum atomic E-state index is -0.101. The maximum atomic E-state index is 12.9. The van der Waals surface area contributed by atoms with Crippen molar-refractivity contribution in [2.75, 3.05) is 19.0 Å². The third-order valence-corrected chi connectivity index (χ3v) is 5.13. The Hall–Kier alpha value is -3.09. The van der Waals surface area contributed by atoms with E-state index in [9.17, 15) is 4.79 Å². The molecule has 0 spiro atoms. The fourth-order valence-corrected chi connectivity index (χ4v) is 3.75. The predicted octanol–water partition coefficient (Wildman–Crippen LogP) is 3.65. The zero-order valence-electron chi connectivity index (χ0n) is 15.8. The molecule has 3 heterocycles. The number of fused-ring (bicyclic) bond motifs is 1. The summed E-state index contributed by atoms with van der Waals surface area (Å²) in [7, 11) is 3.52. The van der Waals surface area contributed by atoms with Crippen molar-refractivity contribution in [2.45, 2.75) is 25.8 Å². The van der Waals surface area contributed by atoms with Gasteiger partial charge in [0.25, 0.3) is 0 Å². The fraction of sp³-hybridized carbons (Fsp3) is 0.350. The first kappa shape index (κ1) is 17.3. The van der Waals surface area contributed by atoms with E-state index >= 15 is 0 Å². The van der Waals surface area contributed by atoms with E-state index in [0.717, 1.165) is 47.4 Å². The molecule has 2 amide bonds. The van der Waals surface area contributed by atoms with Crippen molar-refractivity contribution in [2.24, 2.45) is 7.05 Å². The lowest BCUT2D eigenvalue weighted by atomic mass is 10.0. The molecule has 1 N–H and O–H groups in total. The van der Waals surface area contributed by atoms with Gasteiger partial charge >= 0.3 is 6.03 Å². The number of urea groups is 1. The number of likely N-dealkylation sites (tertiary alicyclic amines) is 1. The number of pyridine rings is 1. The Balaban J connectivity index is 1.53. The van der Waals surface area contributed by atoms with Crippen molar-refractivity contribution >= 4 is 22.8 Å². The molecule has 4 rings (SSSR count). The monoisotopic (exact) mass is 365 g/mol. The summed E-state index contributed by atoms with van der Waals surface area (Å²) in [4.78, 5) is 19.2. The van der Waals surface area contributed by atoms with Crippen LogP contribution in [0.2, 0.25) is 0 Å². The summed E-state index contributed by atoms with van der Waals surface area (Å²) in [6.07, 6.45) is 3.63. The van der Waals surface area contributed by atoms with Crippen molar-refractivity contribution in [3.8, 4) is 5.75 Å². The topological polar surface area (TPSA) is 72.3 Å². The Kier molecular flexibility index (Phi) is 4.43. The Morgan fingerprint density at radius 1 is 1.30 bits per heavy atom. The van der Waals surface area contributed by atoms with Crippen LogP contribution in [-0.2, 0) is 7.05 Å². The van der Waals surface area contributed by atoms with Gasteiger partial charge in [0.2, 0.25) is 0 Å². The Bertz CT molecular complexity index is 980. The molecule has 0 aliphatic carbocycles. The average Bonchev–Trinajstić information content (AvgIpc) is 3.27. The number of aromatic nitrogens is 3. The second kappa shape index (κ2) is 6.90. The molecule has 27 heavy (non-hydrogen) atoms. The van der Waals surface area contributed by atoms with Gasteiger partial charge < -0.3 is 15.0 Å². The highest BCUT2D eigenvalue weighted by molar-refractivity contribution is 5.92. The molecular formula is C20H23N5O2. The van der Waals surface area contributed by atoms with E-state index in [2.05, 4.69) is 15.4 Å². The van der Waals surface area contributed by atoms with Crippen LogP contribution in [0.15, 0.2) is 36.5 Å². The van der Waals surface area contributed by atoms with Crippen LogP contribution in [0.5, 0.6) is 5.75 Å². The standard InChI is InChI=1S/C20H23N5O2/c1-13-17-11-15(12-21-19(17)24(2)23-13)22-20(26)25-10-4-5-18(25)14-6-8-16(27-3)9-7-14/h6-9,11-12,18H,4-5,10H2,1-3H3,(H,22,26). The normalized spacial score (nSPS) is 16.7. The number of ether oxygens (including phenoxy) is 1. The molecule has 1 saturated heterocycles. The molecule has 7 nitrogen and oxygen atoms in total. The summed E-state index contributed by atoms with van der Waals surface area (Å²) >= 11 is 0. The van der Waals surface area contributed by atoms with Crippen LogP contribution in [0.1, 0.15) is 30.1 Å². The largest absolute Gasteiger partial charge is 0.497 e. The number of methoxy groups -OCH3 is 1. The van der Waals surface area contributed by atoms with E-state index in [1.54, 1.807) is 18.0 Å². The van der Waals surface area contributed by atoms with Gasteiger partial charge in [-0.05, 0) is 43.5 Å². The van der Waals surface area contributed by atoms with E-state index in [1.807, 2.05) is 49.2 Å². The van der Waals surface area contributed by atoms with Gasteiger partial charge in [0.1, 0.15) is 5.75 Å². The number of carbonyl (C=O) groups excluding carboxylic acids is 1. The number of rotatable bonds is 3. The van der Waals surface area contributed by atoms with Crippen LogP contribution in [-0.4, -0.2) is 39.4 Å². The highest BCUT2D eigenvalue weighted by Crippen LogP contribution is 2.33. The van der Waals surface area contributed by atoms with Gasteiger partial charge in [0, 0.05) is 19.0 Å². The number of carbonyl (C=O) groups is 1. The van der Waals surface area contributed by atoms with Crippen molar-refractivity contribution in [1.29, 1.82) is 0 Å². The molecular weight excluding hydrogens is 342 g/mol. The number of hydrogen-bond acceptors (Lipinski definition) is 4. The van der Waals surface area contributed by atoms with Crippen LogP contribution >= 0.6 is 0 Å². The number of amides is 2. The second-order valence-corrected chi connectivity index (χ2v) is 6.86. The first-order chi connectivity index (χ1) is 13.1. The second-order valence-electron chi connectivity index (χ2n) is 6.86. The lowest BCUT2D eigenvalue weighted by molar-refractivity contribution is 0.207. The number of anilines is 1. The molecule has 3 aromatic rings. The highest BCUT2D eigenvalue weighted by atomic mass is 16.5. The van der Waals surface area contributed by atoms with Gasteiger partial charge in [-0.15, -0.1) is 0 Å². The summed E-state index contributed by atoms with van der Waals surface area (Å²) < 4.78 is 6.97. The lowest BCUT2D eigenvalue weighted by Crippen LogP contribution is -2.34. The number of benzene rings is 1. The van der Waals surface area contributed by atoms with Gasteiger partial charge in [0.15, 0.2) is 5.65 Å². The van der Waals surface area contributed by atoms with Gasteiger partial charge in [-0.2, -0.15) is 5.10 Å². The third kappa shape index (κ3) is 3.20. The summed E-state index contributed by atoms with van der Waals surface area (Å²) in [5, 5.41) is 8.32. The molecule has 1 aliphatic rings. The minimum absolute atomic E-state index is 0.0766. The number of nitrogens with zero attached hydrogens (tertiary/aromatic N) is 4.